The van der Waals surface area contributed by atoms with E-state index in [0.29, 0.717) is 5.56 Å². The summed E-state index contributed by atoms with van der Waals surface area (Å²) < 4.78 is 0. The van der Waals surface area contributed by atoms with Gasteiger partial charge in [-0.1, -0.05) is 6.07 Å². The van der Waals surface area contributed by atoms with Gasteiger partial charge >= 0.3 is 12.0 Å². The number of benzene rings is 1. The van der Waals surface area contributed by atoms with Crippen molar-refractivity contribution in [2.75, 3.05) is 11.9 Å². The predicted octanol–water partition coefficient (Wildman–Crippen LogP) is 1.11. The molecular weight excluding hydrogens is 242 g/mol. The van der Waals surface area contributed by atoms with Crippen molar-refractivity contribution < 1.29 is 19.6 Å². The maximum absolute atomic E-state index is 11.2. The lowest BCUT2D eigenvalue weighted by atomic mass is 10.2. The van der Waals surface area contributed by atoms with Gasteiger partial charge < -0.3 is 15.7 Å². The van der Waals surface area contributed by atoms with Crippen molar-refractivity contribution in [1.82, 2.24) is 5.32 Å². The van der Waals surface area contributed by atoms with Gasteiger partial charge in [0.1, 0.15) is 6.54 Å². The summed E-state index contributed by atoms with van der Waals surface area (Å²) in [4.78, 5) is 31.6. The number of anilines is 1. The van der Waals surface area contributed by atoms with Crippen LogP contribution in [0.25, 0.3) is 0 Å². The fraction of sp³-hybridized carbons (Fsp3) is 0.200. The van der Waals surface area contributed by atoms with Crippen LogP contribution in [0.15, 0.2) is 18.2 Å². The number of carbonyl (C=O) groups excluding carboxylic acids is 1. The molecule has 0 heterocycles. The van der Waals surface area contributed by atoms with E-state index < -0.39 is 23.5 Å². The van der Waals surface area contributed by atoms with E-state index in [4.69, 9.17) is 5.11 Å². The molecule has 0 aromatic heterocycles. The minimum Gasteiger partial charge on any atom is -0.480 e. The van der Waals surface area contributed by atoms with E-state index >= 15 is 0 Å². The Labute approximate surface area is 102 Å². The second-order valence-corrected chi connectivity index (χ2v) is 3.46. The molecular formula is C10H11N3O5. The molecule has 0 saturated heterocycles. The second kappa shape index (κ2) is 5.62. The number of nitro benzene ring substituents is 1. The highest BCUT2D eigenvalue weighted by atomic mass is 16.6. The average Bonchev–Trinajstić information content (AvgIpc) is 2.28. The maximum Gasteiger partial charge on any atom is 0.323 e. The molecule has 1 rings (SSSR count). The van der Waals surface area contributed by atoms with Crippen LogP contribution in [0.3, 0.4) is 0 Å². The van der Waals surface area contributed by atoms with Gasteiger partial charge in [0, 0.05) is 17.3 Å². The molecule has 3 N–H and O–H groups in total. The van der Waals surface area contributed by atoms with Gasteiger partial charge in [-0.3, -0.25) is 14.9 Å². The minimum atomic E-state index is -1.18. The van der Waals surface area contributed by atoms with Crippen LogP contribution in [0.1, 0.15) is 5.56 Å². The minimum absolute atomic E-state index is 0.119. The Morgan fingerprint density at radius 2 is 2.11 bits per heavy atom. The molecule has 0 spiro atoms. The molecule has 2 amide bonds. The smallest absolute Gasteiger partial charge is 0.323 e. The number of hydrogen-bond acceptors (Lipinski definition) is 4. The number of carboxylic acid groups (broad SMARTS) is 1. The van der Waals surface area contributed by atoms with E-state index in [2.05, 4.69) is 10.6 Å². The molecule has 0 fully saturated rings. The topological polar surface area (TPSA) is 122 Å². The molecule has 18 heavy (non-hydrogen) atoms. The van der Waals surface area contributed by atoms with Crippen LogP contribution in [-0.4, -0.2) is 28.6 Å². The summed E-state index contributed by atoms with van der Waals surface area (Å²) in [5, 5.41) is 23.4. The van der Waals surface area contributed by atoms with Crippen molar-refractivity contribution >= 4 is 23.4 Å². The Bertz CT molecular complexity index is 500. The third kappa shape index (κ3) is 3.74. The van der Waals surface area contributed by atoms with E-state index in [0.717, 1.165) is 0 Å². The Morgan fingerprint density at radius 3 is 2.67 bits per heavy atom. The molecule has 1 aromatic rings. The molecule has 0 unspecified atom stereocenters. The molecule has 8 heteroatoms. The lowest BCUT2D eigenvalue weighted by Crippen LogP contribution is -2.33. The van der Waals surface area contributed by atoms with Crippen molar-refractivity contribution in [2.45, 2.75) is 6.92 Å². The monoisotopic (exact) mass is 253 g/mol. The number of carboxylic acids is 1. The quantitative estimate of drug-likeness (QED) is 0.548. The van der Waals surface area contributed by atoms with Crippen LogP contribution < -0.4 is 10.6 Å². The molecule has 0 aliphatic rings. The van der Waals surface area contributed by atoms with Crippen molar-refractivity contribution in [3.05, 3.63) is 33.9 Å². The highest BCUT2D eigenvalue weighted by Gasteiger charge is 2.12. The molecule has 0 atom stereocenters. The molecule has 0 bridgehead atoms. The Hall–Kier alpha value is -2.64. The molecule has 0 saturated carbocycles. The van der Waals surface area contributed by atoms with Gasteiger partial charge in [0.15, 0.2) is 0 Å². The predicted molar refractivity (Wildman–Crippen MR) is 62.5 cm³/mol. The molecule has 0 radical (unpaired) electrons. The van der Waals surface area contributed by atoms with E-state index in [1.54, 1.807) is 6.92 Å². The number of hydrogen-bond donors (Lipinski definition) is 3. The number of urea groups is 1. The average molecular weight is 253 g/mol. The van der Waals surface area contributed by atoms with Gasteiger partial charge in [0.2, 0.25) is 0 Å². The van der Waals surface area contributed by atoms with Gasteiger partial charge in [0.25, 0.3) is 5.69 Å². The highest BCUT2D eigenvalue weighted by Crippen LogP contribution is 2.22. The SMILES string of the molecule is Cc1ccc(NC(=O)NCC(=O)O)cc1[N+](=O)[O-]. The third-order valence-corrected chi connectivity index (χ3v) is 2.06. The van der Waals surface area contributed by atoms with Crippen LogP contribution >= 0.6 is 0 Å². The summed E-state index contributed by atoms with van der Waals surface area (Å²) in [5.41, 5.74) is 0.567. The summed E-state index contributed by atoms with van der Waals surface area (Å²) in [7, 11) is 0. The lowest BCUT2D eigenvalue weighted by molar-refractivity contribution is -0.385. The zero-order chi connectivity index (χ0) is 13.7. The Balaban J connectivity index is 2.73. The van der Waals surface area contributed by atoms with Crippen molar-refractivity contribution in [3.63, 3.8) is 0 Å². The van der Waals surface area contributed by atoms with Crippen LogP contribution in [0, 0.1) is 17.0 Å². The fourth-order valence-corrected chi connectivity index (χ4v) is 1.22. The Morgan fingerprint density at radius 1 is 1.44 bits per heavy atom. The summed E-state index contributed by atoms with van der Waals surface area (Å²) in [5.74, 6) is -1.18. The van der Waals surface area contributed by atoms with Gasteiger partial charge in [-0.2, -0.15) is 0 Å². The standard InChI is InChI=1S/C10H11N3O5/c1-6-2-3-7(4-8(6)13(17)18)12-10(16)11-5-9(14)15/h2-4H,5H2,1H3,(H,14,15)(H2,11,12,16). The van der Waals surface area contributed by atoms with Gasteiger partial charge in [0.05, 0.1) is 4.92 Å². The van der Waals surface area contributed by atoms with Crippen LogP contribution in [0.4, 0.5) is 16.2 Å². The molecule has 0 aliphatic carbocycles. The van der Waals surface area contributed by atoms with Gasteiger partial charge in [-0.05, 0) is 13.0 Å². The molecule has 96 valence electrons. The molecule has 8 nitrogen and oxygen atoms in total. The van der Waals surface area contributed by atoms with Crippen molar-refractivity contribution in [3.8, 4) is 0 Å². The normalized spacial score (nSPS) is 9.61. The summed E-state index contributed by atoms with van der Waals surface area (Å²) in [6.45, 7) is 1.05. The van der Waals surface area contributed by atoms with Crippen LogP contribution in [-0.2, 0) is 4.79 Å². The number of carbonyl (C=O) groups is 2. The number of nitro groups is 1. The van der Waals surface area contributed by atoms with Gasteiger partial charge in [-0.15, -0.1) is 0 Å². The summed E-state index contributed by atoms with van der Waals surface area (Å²) in [6, 6.07) is 3.44. The highest BCUT2D eigenvalue weighted by molar-refractivity contribution is 5.91. The Kier molecular flexibility index (Phi) is 4.19. The molecule has 0 aliphatic heterocycles. The number of aliphatic carboxylic acids is 1. The van der Waals surface area contributed by atoms with E-state index in [1.807, 2.05) is 0 Å². The number of nitrogens with zero attached hydrogens (tertiary/aromatic N) is 1. The zero-order valence-electron chi connectivity index (χ0n) is 9.47. The van der Waals surface area contributed by atoms with Crippen molar-refractivity contribution in [1.29, 1.82) is 0 Å². The lowest BCUT2D eigenvalue weighted by Gasteiger charge is -2.06. The first-order chi connectivity index (χ1) is 8.40. The van der Waals surface area contributed by atoms with Crippen molar-refractivity contribution in [2.24, 2.45) is 0 Å². The first kappa shape index (κ1) is 13.4. The maximum atomic E-state index is 11.2. The van der Waals surface area contributed by atoms with E-state index in [9.17, 15) is 19.7 Å². The molecule has 1 aromatic carbocycles. The number of rotatable bonds is 4. The number of aryl methyl sites for hydroxylation is 1. The van der Waals surface area contributed by atoms with E-state index in [1.165, 1.54) is 18.2 Å². The fourth-order valence-electron chi connectivity index (χ4n) is 1.22. The largest absolute Gasteiger partial charge is 0.480 e. The number of amides is 2. The second-order valence-electron chi connectivity index (χ2n) is 3.46. The summed E-state index contributed by atoms with van der Waals surface area (Å²) >= 11 is 0. The zero-order valence-corrected chi connectivity index (χ0v) is 9.47. The first-order valence-corrected chi connectivity index (χ1v) is 4.92. The summed E-state index contributed by atoms with van der Waals surface area (Å²) in [6.07, 6.45) is 0. The van der Waals surface area contributed by atoms with Crippen LogP contribution in [0.2, 0.25) is 0 Å². The first-order valence-electron chi connectivity index (χ1n) is 4.92. The van der Waals surface area contributed by atoms with Gasteiger partial charge in [-0.25, -0.2) is 4.79 Å². The number of nitrogens with one attached hydrogen (secondary N) is 2. The third-order valence-electron chi connectivity index (χ3n) is 2.06. The van der Waals surface area contributed by atoms with E-state index in [-0.39, 0.29) is 11.4 Å². The van der Waals surface area contributed by atoms with Crippen LogP contribution in [0.5, 0.6) is 0 Å².